The summed E-state index contributed by atoms with van der Waals surface area (Å²) >= 11 is 0. The van der Waals surface area contributed by atoms with Gasteiger partial charge in [-0.2, -0.15) is 0 Å². The van der Waals surface area contributed by atoms with Gasteiger partial charge in [-0.15, -0.1) is 0 Å². The molecule has 0 aromatic heterocycles. The molecule has 3 rings (SSSR count). The van der Waals surface area contributed by atoms with Crippen molar-refractivity contribution in [3.63, 3.8) is 0 Å². The van der Waals surface area contributed by atoms with E-state index in [1.807, 2.05) is 30.3 Å². The highest BCUT2D eigenvalue weighted by Gasteiger charge is 2.13. The first-order valence-corrected chi connectivity index (χ1v) is 4.68. The Morgan fingerprint density at radius 1 is 1.07 bits per heavy atom. The Morgan fingerprint density at radius 3 is 2.80 bits per heavy atom. The number of nitrogens with one attached hydrogen (secondary N) is 1. The van der Waals surface area contributed by atoms with Crippen molar-refractivity contribution in [2.24, 2.45) is 10.7 Å². The summed E-state index contributed by atoms with van der Waals surface area (Å²) in [6, 6.07) is 9.63. The summed E-state index contributed by atoms with van der Waals surface area (Å²) in [5.74, 6) is 0.416. The van der Waals surface area contributed by atoms with Crippen LogP contribution in [0.15, 0.2) is 35.3 Å². The summed E-state index contributed by atoms with van der Waals surface area (Å²) in [6.45, 7) is 0. The fourth-order valence-corrected chi connectivity index (χ4v) is 1.90. The molecular formula is C11H10N4. The topological polar surface area (TPSA) is 76.4 Å². The monoisotopic (exact) mass is 198 g/mol. The van der Waals surface area contributed by atoms with Crippen molar-refractivity contribution in [1.29, 1.82) is 0 Å². The molecule has 0 saturated carbocycles. The van der Waals surface area contributed by atoms with E-state index in [0.717, 1.165) is 27.8 Å². The molecule has 0 bridgehead atoms. The summed E-state index contributed by atoms with van der Waals surface area (Å²) in [4.78, 5) is 4.23. The van der Waals surface area contributed by atoms with Gasteiger partial charge in [-0.25, -0.2) is 4.99 Å². The Morgan fingerprint density at radius 2 is 1.93 bits per heavy atom. The van der Waals surface area contributed by atoms with E-state index < -0.39 is 0 Å². The Kier molecular flexibility index (Phi) is 1.42. The third-order valence-corrected chi connectivity index (χ3v) is 2.56. The predicted octanol–water partition coefficient (Wildman–Crippen LogP) is 1.79. The molecule has 1 heterocycles. The van der Waals surface area contributed by atoms with E-state index in [2.05, 4.69) is 10.3 Å². The molecule has 0 spiro atoms. The maximum Gasteiger partial charge on any atom is 0.198 e. The Labute approximate surface area is 86.6 Å². The quantitative estimate of drug-likeness (QED) is 0.565. The second-order valence-electron chi connectivity index (χ2n) is 3.52. The van der Waals surface area contributed by atoms with Gasteiger partial charge >= 0.3 is 0 Å². The molecule has 5 N–H and O–H groups in total. The molecule has 0 amide bonds. The van der Waals surface area contributed by atoms with Gasteiger partial charge in [0.2, 0.25) is 0 Å². The normalized spacial score (nSPS) is 13.5. The van der Waals surface area contributed by atoms with Crippen molar-refractivity contribution in [3.05, 3.63) is 30.3 Å². The Bertz CT molecular complexity index is 586. The number of guanidine groups is 1. The van der Waals surface area contributed by atoms with Gasteiger partial charge in [-0.1, -0.05) is 12.1 Å². The lowest BCUT2D eigenvalue weighted by Crippen LogP contribution is -2.23. The molecule has 2 aromatic carbocycles. The van der Waals surface area contributed by atoms with Crippen molar-refractivity contribution in [3.8, 4) is 0 Å². The number of hydrogen-bond donors (Lipinski definition) is 3. The molecule has 0 saturated heterocycles. The highest BCUT2D eigenvalue weighted by molar-refractivity contribution is 6.15. The minimum Gasteiger partial charge on any atom is -0.398 e. The average Bonchev–Trinajstić information content (AvgIpc) is 2.23. The van der Waals surface area contributed by atoms with Gasteiger partial charge in [0.25, 0.3) is 0 Å². The van der Waals surface area contributed by atoms with Crippen molar-refractivity contribution in [1.82, 2.24) is 0 Å². The van der Waals surface area contributed by atoms with E-state index in [9.17, 15) is 0 Å². The second kappa shape index (κ2) is 2.63. The first-order chi connectivity index (χ1) is 7.25. The minimum absolute atomic E-state index is 0.416. The van der Waals surface area contributed by atoms with Crippen LogP contribution in [0.5, 0.6) is 0 Å². The van der Waals surface area contributed by atoms with Crippen LogP contribution in [0.4, 0.5) is 17.1 Å². The lowest BCUT2D eigenvalue weighted by molar-refractivity contribution is 1.44. The van der Waals surface area contributed by atoms with Crippen molar-refractivity contribution in [2.45, 2.75) is 0 Å². The average molecular weight is 198 g/mol. The first kappa shape index (κ1) is 8.11. The number of benzene rings is 2. The lowest BCUT2D eigenvalue weighted by atomic mass is 10.0. The van der Waals surface area contributed by atoms with Crippen LogP contribution in [0.1, 0.15) is 0 Å². The first-order valence-electron chi connectivity index (χ1n) is 4.68. The van der Waals surface area contributed by atoms with Gasteiger partial charge in [-0.3, -0.25) is 0 Å². The van der Waals surface area contributed by atoms with Crippen LogP contribution in [-0.2, 0) is 0 Å². The number of rotatable bonds is 0. The fourth-order valence-electron chi connectivity index (χ4n) is 1.90. The molecule has 0 radical (unpaired) electrons. The van der Waals surface area contributed by atoms with Crippen LogP contribution in [0.25, 0.3) is 10.8 Å². The molecule has 0 atom stereocenters. The molecule has 15 heavy (non-hydrogen) atoms. The number of aliphatic imine (C=N–C) groups is 1. The van der Waals surface area contributed by atoms with Crippen molar-refractivity contribution >= 4 is 33.8 Å². The summed E-state index contributed by atoms with van der Waals surface area (Å²) in [5.41, 5.74) is 14.2. The van der Waals surface area contributed by atoms with Crippen LogP contribution in [0.2, 0.25) is 0 Å². The maximum absolute atomic E-state index is 5.90. The van der Waals surface area contributed by atoms with E-state index in [-0.39, 0.29) is 0 Å². The van der Waals surface area contributed by atoms with E-state index in [1.165, 1.54) is 0 Å². The zero-order chi connectivity index (χ0) is 10.4. The molecule has 4 nitrogen and oxygen atoms in total. The van der Waals surface area contributed by atoms with Crippen LogP contribution in [-0.4, -0.2) is 5.96 Å². The number of hydrogen-bond acceptors (Lipinski definition) is 4. The molecule has 0 aliphatic carbocycles. The lowest BCUT2D eigenvalue weighted by Gasteiger charge is -2.16. The number of nitrogen functional groups attached to an aromatic ring is 1. The minimum atomic E-state index is 0.416. The molecular weight excluding hydrogens is 188 g/mol. The standard InChI is InChI=1S/C11H10N4/c12-7-4-5-9-10-6(7)2-1-3-8(10)14-11(13)15-9/h1-5H,12H2,(H3,13,14,15). The molecule has 1 aliphatic rings. The third-order valence-electron chi connectivity index (χ3n) is 2.56. The maximum atomic E-state index is 5.90. The zero-order valence-corrected chi connectivity index (χ0v) is 7.99. The highest BCUT2D eigenvalue weighted by atomic mass is 15.1. The summed E-state index contributed by atoms with van der Waals surface area (Å²) < 4.78 is 0. The Balaban J connectivity index is 2.51. The van der Waals surface area contributed by atoms with Gasteiger partial charge in [-0.05, 0) is 18.2 Å². The van der Waals surface area contributed by atoms with Gasteiger partial charge in [0.1, 0.15) is 0 Å². The summed E-state index contributed by atoms with van der Waals surface area (Å²) in [5, 5.41) is 5.07. The number of nitrogens with two attached hydrogens (primary N) is 2. The Hall–Kier alpha value is -2.23. The largest absolute Gasteiger partial charge is 0.398 e. The SMILES string of the molecule is NC1=Nc2ccc(N)c3cccc(c23)N1. The number of anilines is 2. The molecule has 1 aliphatic heterocycles. The number of nitrogens with zero attached hydrogens (tertiary/aromatic N) is 1. The van der Waals surface area contributed by atoms with Gasteiger partial charge < -0.3 is 16.8 Å². The van der Waals surface area contributed by atoms with E-state index in [0.29, 0.717) is 5.96 Å². The van der Waals surface area contributed by atoms with Crippen LogP contribution in [0, 0.1) is 0 Å². The van der Waals surface area contributed by atoms with Crippen LogP contribution < -0.4 is 16.8 Å². The van der Waals surface area contributed by atoms with E-state index >= 15 is 0 Å². The fraction of sp³-hybridized carbons (Fsp3) is 0. The molecule has 0 fully saturated rings. The summed E-state index contributed by atoms with van der Waals surface area (Å²) in [6.07, 6.45) is 0. The van der Waals surface area contributed by atoms with E-state index in [1.54, 1.807) is 0 Å². The molecule has 74 valence electrons. The van der Waals surface area contributed by atoms with Crippen molar-refractivity contribution in [2.75, 3.05) is 11.1 Å². The highest BCUT2D eigenvalue weighted by Crippen LogP contribution is 2.37. The van der Waals surface area contributed by atoms with Crippen LogP contribution >= 0.6 is 0 Å². The van der Waals surface area contributed by atoms with Crippen LogP contribution in [0.3, 0.4) is 0 Å². The van der Waals surface area contributed by atoms with Gasteiger partial charge in [0.05, 0.1) is 11.4 Å². The smallest absolute Gasteiger partial charge is 0.198 e. The second-order valence-corrected chi connectivity index (χ2v) is 3.52. The molecule has 0 unspecified atom stereocenters. The zero-order valence-electron chi connectivity index (χ0n) is 7.99. The van der Waals surface area contributed by atoms with Gasteiger partial charge in [0.15, 0.2) is 5.96 Å². The van der Waals surface area contributed by atoms with E-state index in [4.69, 9.17) is 11.5 Å². The summed E-state index contributed by atoms with van der Waals surface area (Å²) in [7, 11) is 0. The van der Waals surface area contributed by atoms with Crippen molar-refractivity contribution < 1.29 is 0 Å². The third kappa shape index (κ3) is 1.05. The predicted molar refractivity (Wildman–Crippen MR) is 63.3 cm³/mol. The molecule has 2 aromatic rings. The molecule has 4 heteroatoms. The van der Waals surface area contributed by atoms with Gasteiger partial charge in [0, 0.05) is 16.5 Å².